The second-order valence-electron chi connectivity index (χ2n) is 4.89. The Balaban J connectivity index is 1.86. The largest absolute Gasteiger partial charge is 0.416 e. The van der Waals surface area contributed by atoms with Gasteiger partial charge < -0.3 is 0 Å². The number of nitrogens with zero attached hydrogens (tertiary/aromatic N) is 3. The van der Waals surface area contributed by atoms with Crippen molar-refractivity contribution in [3.8, 4) is 5.69 Å². The summed E-state index contributed by atoms with van der Waals surface area (Å²) in [5.41, 5.74) is -0.297. The number of nitrogens with one attached hydrogen (secondary N) is 1. The van der Waals surface area contributed by atoms with Gasteiger partial charge in [-0.15, -0.1) is 10.2 Å². The summed E-state index contributed by atoms with van der Waals surface area (Å²) in [6.07, 6.45) is -3.11. The van der Waals surface area contributed by atoms with Gasteiger partial charge in [0.15, 0.2) is 0 Å². The molecule has 0 atom stereocenters. The Morgan fingerprint density at radius 1 is 1.04 bits per heavy atom. The van der Waals surface area contributed by atoms with Crippen LogP contribution in [0.1, 0.15) is 15.9 Å². The lowest BCUT2D eigenvalue weighted by Crippen LogP contribution is -2.16. The predicted molar refractivity (Wildman–Crippen MR) is 80.8 cm³/mol. The van der Waals surface area contributed by atoms with E-state index in [1.54, 1.807) is 24.3 Å². The number of alkyl halides is 3. The topological polar surface area (TPSA) is 59.8 Å². The molecule has 0 spiro atoms. The molecular formula is C16H11F3N4O. The third kappa shape index (κ3) is 3.27. The van der Waals surface area contributed by atoms with E-state index in [-0.39, 0.29) is 11.5 Å². The first kappa shape index (κ1) is 15.7. The summed E-state index contributed by atoms with van der Waals surface area (Å²) in [5.74, 6) is -0.588. The fraction of sp³-hybridized carbons (Fsp3) is 0.0625. The summed E-state index contributed by atoms with van der Waals surface area (Å²) < 4.78 is 39.7. The van der Waals surface area contributed by atoms with Crippen molar-refractivity contribution in [2.24, 2.45) is 0 Å². The number of aromatic nitrogens is 3. The number of halogens is 3. The summed E-state index contributed by atoms with van der Waals surface area (Å²) in [6.45, 7) is 0. The molecule has 0 fully saturated rings. The number of hydrogen-bond acceptors (Lipinski definition) is 3. The molecule has 122 valence electrons. The highest BCUT2D eigenvalue weighted by molar-refractivity contribution is 6.03. The molecule has 1 amide bonds. The van der Waals surface area contributed by atoms with Crippen molar-refractivity contribution in [1.29, 1.82) is 0 Å². The second-order valence-corrected chi connectivity index (χ2v) is 4.89. The molecule has 8 heteroatoms. The molecule has 3 aromatic rings. The highest BCUT2D eigenvalue weighted by Gasteiger charge is 2.31. The molecule has 0 aliphatic rings. The fourth-order valence-corrected chi connectivity index (χ4v) is 2.11. The van der Waals surface area contributed by atoms with Gasteiger partial charge in [0, 0.05) is 5.56 Å². The van der Waals surface area contributed by atoms with Crippen LogP contribution in [0.5, 0.6) is 0 Å². The van der Waals surface area contributed by atoms with E-state index in [9.17, 15) is 18.0 Å². The maximum atomic E-state index is 12.7. The highest BCUT2D eigenvalue weighted by Crippen LogP contribution is 2.29. The molecule has 24 heavy (non-hydrogen) atoms. The molecule has 1 heterocycles. The lowest BCUT2D eigenvalue weighted by Gasteiger charge is -2.10. The Bertz CT molecular complexity index is 859. The Kier molecular flexibility index (Phi) is 4.03. The average molecular weight is 332 g/mol. The SMILES string of the molecule is O=C(Nc1nncn1-c1ccccc1)c1cccc(C(F)(F)F)c1. The van der Waals surface area contributed by atoms with Gasteiger partial charge in [-0.2, -0.15) is 13.2 Å². The highest BCUT2D eigenvalue weighted by atomic mass is 19.4. The van der Waals surface area contributed by atoms with E-state index in [1.807, 2.05) is 6.07 Å². The lowest BCUT2D eigenvalue weighted by molar-refractivity contribution is -0.137. The summed E-state index contributed by atoms with van der Waals surface area (Å²) in [7, 11) is 0. The minimum Gasteiger partial charge on any atom is -0.290 e. The molecule has 0 aliphatic heterocycles. The minimum absolute atomic E-state index is 0.114. The number of benzene rings is 2. The van der Waals surface area contributed by atoms with Crippen LogP contribution in [-0.4, -0.2) is 20.7 Å². The Morgan fingerprint density at radius 2 is 1.79 bits per heavy atom. The summed E-state index contributed by atoms with van der Waals surface area (Å²) in [6, 6.07) is 13.2. The van der Waals surface area contributed by atoms with Crippen molar-refractivity contribution in [2.45, 2.75) is 6.18 Å². The van der Waals surface area contributed by atoms with Crippen LogP contribution in [0, 0.1) is 0 Å². The molecule has 0 radical (unpaired) electrons. The molecule has 0 saturated carbocycles. The molecule has 0 saturated heterocycles. The zero-order valence-corrected chi connectivity index (χ0v) is 12.2. The van der Waals surface area contributed by atoms with Crippen LogP contribution < -0.4 is 5.32 Å². The first-order valence-electron chi connectivity index (χ1n) is 6.89. The standard InChI is InChI=1S/C16H11F3N4O/c17-16(18,19)12-6-4-5-11(9-12)14(24)21-15-22-20-10-23(15)13-7-2-1-3-8-13/h1-10H,(H,21,22,24). The number of anilines is 1. The monoisotopic (exact) mass is 332 g/mol. The van der Waals surface area contributed by atoms with E-state index in [4.69, 9.17) is 0 Å². The van der Waals surface area contributed by atoms with Crippen LogP contribution in [0.2, 0.25) is 0 Å². The van der Waals surface area contributed by atoms with Crippen LogP contribution >= 0.6 is 0 Å². The quantitative estimate of drug-likeness (QED) is 0.798. The molecule has 0 unspecified atom stereocenters. The van der Waals surface area contributed by atoms with Crippen LogP contribution in [0.15, 0.2) is 60.9 Å². The van der Waals surface area contributed by atoms with Gasteiger partial charge in [-0.25, -0.2) is 0 Å². The minimum atomic E-state index is -4.51. The number of amides is 1. The summed E-state index contributed by atoms with van der Waals surface area (Å²) in [4.78, 5) is 12.2. The van der Waals surface area contributed by atoms with E-state index in [0.717, 1.165) is 12.1 Å². The zero-order chi connectivity index (χ0) is 17.2. The summed E-state index contributed by atoms with van der Waals surface area (Å²) in [5, 5.41) is 9.98. The van der Waals surface area contributed by atoms with Gasteiger partial charge in [0.1, 0.15) is 6.33 Å². The average Bonchev–Trinajstić information content (AvgIpc) is 3.03. The van der Waals surface area contributed by atoms with Gasteiger partial charge in [0.25, 0.3) is 5.91 Å². The fourth-order valence-electron chi connectivity index (χ4n) is 2.11. The normalized spacial score (nSPS) is 11.3. The van der Waals surface area contributed by atoms with Crippen molar-refractivity contribution in [2.75, 3.05) is 5.32 Å². The molecule has 2 aromatic carbocycles. The Hall–Kier alpha value is -3.16. The number of para-hydroxylation sites is 1. The van der Waals surface area contributed by atoms with E-state index in [1.165, 1.54) is 23.0 Å². The molecular weight excluding hydrogens is 321 g/mol. The Morgan fingerprint density at radius 3 is 2.50 bits per heavy atom. The molecule has 1 aromatic heterocycles. The van der Waals surface area contributed by atoms with Crippen LogP contribution in [0.25, 0.3) is 5.69 Å². The third-order valence-corrected chi connectivity index (χ3v) is 3.26. The van der Waals surface area contributed by atoms with Crippen molar-refractivity contribution in [3.05, 3.63) is 72.1 Å². The van der Waals surface area contributed by atoms with E-state index >= 15 is 0 Å². The second kappa shape index (κ2) is 6.15. The molecule has 1 N–H and O–H groups in total. The van der Waals surface area contributed by atoms with Crippen LogP contribution in [-0.2, 0) is 6.18 Å². The van der Waals surface area contributed by atoms with E-state index < -0.39 is 17.6 Å². The van der Waals surface area contributed by atoms with Gasteiger partial charge >= 0.3 is 6.18 Å². The zero-order valence-electron chi connectivity index (χ0n) is 12.2. The smallest absolute Gasteiger partial charge is 0.290 e. The molecule has 5 nitrogen and oxygen atoms in total. The molecule has 3 rings (SSSR count). The van der Waals surface area contributed by atoms with E-state index in [0.29, 0.717) is 5.69 Å². The van der Waals surface area contributed by atoms with Gasteiger partial charge in [0.2, 0.25) is 5.95 Å². The van der Waals surface area contributed by atoms with Gasteiger partial charge in [0.05, 0.1) is 11.3 Å². The maximum Gasteiger partial charge on any atom is 0.416 e. The van der Waals surface area contributed by atoms with Gasteiger partial charge in [-0.3, -0.25) is 14.7 Å². The van der Waals surface area contributed by atoms with Gasteiger partial charge in [-0.05, 0) is 30.3 Å². The third-order valence-electron chi connectivity index (χ3n) is 3.26. The first-order valence-corrected chi connectivity index (χ1v) is 6.89. The number of hydrogen-bond donors (Lipinski definition) is 1. The maximum absolute atomic E-state index is 12.7. The first-order chi connectivity index (χ1) is 11.4. The van der Waals surface area contributed by atoms with Gasteiger partial charge in [-0.1, -0.05) is 24.3 Å². The Labute approximate surface area is 134 Å². The molecule has 0 aliphatic carbocycles. The van der Waals surface area contributed by atoms with E-state index in [2.05, 4.69) is 15.5 Å². The number of rotatable bonds is 3. The number of carbonyl (C=O) groups is 1. The van der Waals surface area contributed by atoms with Crippen LogP contribution in [0.4, 0.5) is 19.1 Å². The van der Waals surface area contributed by atoms with Crippen molar-refractivity contribution in [3.63, 3.8) is 0 Å². The van der Waals surface area contributed by atoms with Crippen molar-refractivity contribution in [1.82, 2.24) is 14.8 Å². The van der Waals surface area contributed by atoms with Crippen LogP contribution in [0.3, 0.4) is 0 Å². The number of carbonyl (C=O) groups excluding carboxylic acids is 1. The van der Waals surface area contributed by atoms with Crippen molar-refractivity contribution >= 4 is 11.9 Å². The summed E-state index contributed by atoms with van der Waals surface area (Å²) >= 11 is 0. The van der Waals surface area contributed by atoms with Crippen molar-refractivity contribution < 1.29 is 18.0 Å². The lowest BCUT2D eigenvalue weighted by atomic mass is 10.1. The molecule has 0 bridgehead atoms. The predicted octanol–water partition coefficient (Wildman–Crippen LogP) is 3.54.